The average Bonchev–Trinajstić information content (AvgIpc) is 2.92. The summed E-state index contributed by atoms with van der Waals surface area (Å²) >= 11 is 0. The van der Waals surface area contributed by atoms with Crippen LogP contribution in [0.1, 0.15) is 23.4 Å². The molecule has 0 saturated carbocycles. The van der Waals surface area contributed by atoms with Crippen molar-refractivity contribution in [2.45, 2.75) is 33.4 Å². The molecule has 0 saturated heterocycles. The van der Waals surface area contributed by atoms with Gasteiger partial charge in [-0.1, -0.05) is 12.1 Å². The summed E-state index contributed by atoms with van der Waals surface area (Å²) in [4.78, 5) is 6.40. The van der Waals surface area contributed by atoms with Gasteiger partial charge in [-0.15, -0.1) is 24.0 Å². The second-order valence-electron chi connectivity index (χ2n) is 6.42. The largest absolute Gasteiger partial charge is 0.378 e. The van der Waals surface area contributed by atoms with E-state index in [1.165, 1.54) is 16.9 Å². The second-order valence-corrected chi connectivity index (χ2v) is 6.42. The minimum Gasteiger partial charge on any atom is -0.378 e. The number of halogens is 1. The van der Waals surface area contributed by atoms with Crippen molar-refractivity contribution < 1.29 is 0 Å². The van der Waals surface area contributed by atoms with E-state index in [-0.39, 0.29) is 24.0 Å². The molecule has 6 nitrogen and oxygen atoms in total. The number of hydrogen-bond acceptors (Lipinski definition) is 3. The molecule has 2 N–H and O–H groups in total. The zero-order chi connectivity index (χ0) is 18.2. The second kappa shape index (κ2) is 11.1. The van der Waals surface area contributed by atoms with Gasteiger partial charge in [0.2, 0.25) is 0 Å². The van der Waals surface area contributed by atoms with Gasteiger partial charge in [-0.3, -0.25) is 9.67 Å². The molecular weight excluding hydrogens is 439 g/mol. The summed E-state index contributed by atoms with van der Waals surface area (Å²) < 4.78 is 2.06. The van der Waals surface area contributed by atoms with E-state index < -0.39 is 0 Å². The Morgan fingerprint density at radius 1 is 1.19 bits per heavy atom. The molecule has 0 aliphatic heterocycles. The van der Waals surface area contributed by atoms with Gasteiger partial charge >= 0.3 is 0 Å². The predicted octanol–water partition coefficient (Wildman–Crippen LogP) is 2.94. The minimum absolute atomic E-state index is 0. The molecule has 1 aromatic heterocycles. The van der Waals surface area contributed by atoms with E-state index in [2.05, 4.69) is 81.7 Å². The van der Waals surface area contributed by atoms with Crippen molar-refractivity contribution in [2.75, 3.05) is 32.6 Å². The maximum absolute atomic E-state index is 4.48. The van der Waals surface area contributed by atoms with Crippen LogP contribution in [0.25, 0.3) is 0 Å². The van der Waals surface area contributed by atoms with E-state index in [9.17, 15) is 0 Å². The molecule has 0 spiro atoms. The molecule has 0 radical (unpaired) electrons. The Bertz CT molecular complexity index is 708. The van der Waals surface area contributed by atoms with Crippen molar-refractivity contribution >= 4 is 35.6 Å². The Kier molecular flexibility index (Phi) is 9.47. The van der Waals surface area contributed by atoms with Crippen molar-refractivity contribution in [1.82, 2.24) is 20.4 Å². The number of guanidine groups is 1. The van der Waals surface area contributed by atoms with Crippen LogP contribution in [-0.2, 0) is 13.1 Å². The van der Waals surface area contributed by atoms with Gasteiger partial charge in [0.15, 0.2) is 5.96 Å². The van der Waals surface area contributed by atoms with Crippen molar-refractivity contribution in [3.05, 3.63) is 47.3 Å². The molecule has 0 fully saturated rings. The van der Waals surface area contributed by atoms with Gasteiger partial charge in [0.1, 0.15) is 0 Å². The smallest absolute Gasteiger partial charge is 0.191 e. The van der Waals surface area contributed by atoms with Gasteiger partial charge < -0.3 is 15.5 Å². The highest BCUT2D eigenvalue weighted by molar-refractivity contribution is 14.0. The van der Waals surface area contributed by atoms with Gasteiger partial charge in [0.05, 0.1) is 5.69 Å². The SMILES string of the molecule is CN=C(NCCCn1nc(C)cc1C)NCc1cccc(N(C)C)c1.I. The molecule has 0 aliphatic rings. The first-order valence-electron chi connectivity index (χ1n) is 8.71. The van der Waals surface area contributed by atoms with Crippen LogP contribution in [0.3, 0.4) is 0 Å². The first-order valence-corrected chi connectivity index (χ1v) is 8.71. The highest BCUT2D eigenvalue weighted by Gasteiger charge is 2.02. The van der Waals surface area contributed by atoms with Crippen LogP contribution in [0.5, 0.6) is 0 Å². The lowest BCUT2D eigenvalue weighted by Gasteiger charge is -2.15. The Morgan fingerprint density at radius 2 is 1.96 bits per heavy atom. The van der Waals surface area contributed by atoms with E-state index in [0.717, 1.165) is 37.7 Å². The van der Waals surface area contributed by atoms with E-state index in [1.54, 1.807) is 7.05 Å². The number of aromatic nitrogens is 2. The summed E-state index contributed by atoms with van der Waals surface area (Å²) in [5.74, 6) is 0.823. The molecule has 0 bridgehead atoms. The molecule has 1 aromatic carbocycles. The Balaban J connectivity index is 0.00000338. The summed E-state index contributed by atoms with van der Waals surface area (Å²) in [6.07, 6.45) is 0.999. The molecular formula is C19H31IN6. The number of benzene rings is 1. The topological polar surface area (TPSA) is 57.5 Å². The molecule has 2 rings (SSSR count). The third kappa shape index (κ3) is 6.86. The van der Waals surface area contributed by atoms with E-state index in [0.29, 0.717) is 0 Å². The third-order valence-electron chi connectivity index (χ3n) is 4.05. The van der Waals surface area contributed by atoms with E-state index in [4.69, 9.17) is 0 Å². The van der Waals surface area contributed by atoms with Crippen molar-refractivity contribution in [3.8, 4) is 0 Å². The summed E-state index contributed by atoms with van der Waals surface area (Å²) in [6.45, 7) is 6.64. The lowest BCUT2D eigenvalue weighted by atomic mass is 10.2. The van der Waals surface area contributed by atoms with Crippen molar-refractivity contribution in [1.29, 1.82) is 0 Å². The third-order valence-corrected chi connectivity index (χ3v) is 4.05. The number of nitrogens with zero attached hydrogens (tertiary/aromatic N) is 4. The lowest BCUT2D eigenvalue weighted by Crippen LogP contribution is -2.37. The number of rotatable bonds is 7. The summed E-state index contributed by atoms with van der Waals surface area (Å²) in [7, 11) is 5.90. The predicted molar refractivity (Wildman–Crippen MR) is 121 cm³/mol. The standard InChI is InChI=1S/C19H30N6.HI/c1-15-12-16(2)25(23-15)11-7-10-21-19(20-3)22-14-17-8-6-9-18(13-17)24(4)5;/h6,8-9,12-13H,7,10-11,14H2,1-5H3,(H2,20,21,22);1H. The molecule has 0 aliphatic carbocycles. The summed E-state index contributed by atoms with van der Waals surface area (Å²) in [5.41, 5.74) is 4.72. The van der Waals surface area contributed by atoms with Gasteiger partial charge in [0, 0.05) is 52.2 Å². The first kappa shape index (κ1) is 22.3. The zero-order valence-electron chi connectivity index (χ0n) is 16.4. The maximum Gasteiger partial charge on any atom is 0.191 e. The van der Waals surface area contributed by atoms with Gasteiger partial charge in [0.25, 0.3) is 0 Å². The molecule has 0 atom stereocenters. The molecule has 26 heavy (non-hydrogen) atoms. The van der Waals surface area contributed by atoms with Crippen molar-refractivity contribution in [2.24, 2.45) is 4.99 Å². The molecule has 2 aromatic rings. The normalized spacial score (nSPS) is 11.0. The molecule has 0 unspecified atom stereocenters. The zero-order valence-corrected chi connectivity index (χ0v) is 18.7. The van der Waals surface area contributed by atoms with Crippen LogP contribution in [0, 0.1) is 13.8 Å². The first-order chi connectivity index (χ1) is 12.0. The Morgan fingerprint density at radius 3 is 2.58 bits per heavy atom. The summed E-state index contributed by atoms with van der Waals surface area (Å²) in [5, 5.41) is 11.2. The lowest BCUT2D eigenvalue weighted by molar-refractivity contribution is 0.555. The van der Waals surface area contributed by atoms with Crippen LogP contribution in [0.2, 0.25) is 0 Å². The highest BCUT2D eigenvalue weighted by Crippen LogP contribution is 2.13. The fourth-order valence-electron chi connectivity index (χ4n) is 2.69. The number of anilines is 1. The maximum atomic E-state index is 4.48. The number of nitrogens with one attached hydrogen (secondary N) is 2. The average molecular weight is 470 g/mol. The monoisotopic (exact) mass is 470 g/mol. The van der Waals surface area contributed by atoms with Crippen LogP contribution in [0.15, 0.2) is 35.3 Å². The van der Waals surface area contributed by atoms with Crippen LogP contribution in [0.4, 0.5) is 5.69 Å². The van der Waals surface area contributed by atoms with E-state index >= 15 is 0 Å². The number of aryl methyl sites for hydroxylation is 3. The van der Waals surface area contributed by atoms with Crippen LogP contribution < -0.4 is 15.5 Å². The van der Waals surface area contributed by atoms with Crippen LogP contribution in [-0.4, -0.2) is 43.4 Å². The molecule has 1 heterocycles. The van der Waals surface area contributed by atoms with Crippen LogP contribution >= 0.6 is 24.0 Å². The minimum atomic E-state index is 0. The molecule has 0 amide bonds. The van der Waals surface area contributed by atoms with Crippen molar-refractivity contribution in [3.63, 3.8) is 0 Å². The number of hydrogen-bond donors (Lipinski definition) is 2. The highest BCUT2D eigenvalue weighted by atomic mass is 127. The molecule has 144 valence electrons. The molecule has 7 heteroatoms. The van der Waals surface area contributed by atoms with Gasteiger partial charge in [-0.2, -0.15) is 5.10 Å². The Hall–Kier alpha value is -1.77. The fraction of sp³-hybridized carbons (Fsp3) is 0.474. The summed E-state index contributed by atoms with van der Waals surface area (Å²) in [6, 6.07) is 10.6. The fourth-order valence-corrected chi connectivity index (χ4v) is 2.69. The quantitative estimate of drug-likeness (QED) is 0.283. The Labute approximate surface area is 174 Å². The van der Waals surface area contributed by atoms with Gasteiger partial charge in [-0.05, 0) is 44.0 Å². The number of aliphatic imine (C=N–C) groups is 1. The van der Waals surface area contributed by atoms with E-state index in [1.807, 2.05) is 6.92 Å². The van der Waals surface area contributed by atoms with Gasteiger partial charge in [-0.25, -0.2) is 0 Å².